The number of hydrogen-bond donors (Lipinski definition) is 0. The molecule has 0 saturated carbocycles. The van der Waals surface area contributed by atoms with Gasteiger partial charge in [-0.1, -0.05) is 36.4 Å². The number of allylic oxidation sites excluding steroid dienone is 1. The fourth-order valence-electron chi connectivity index (χ4n) is 4.57. The van der Waals surface area contributed by atoms with E-state index in [2.05, 4.69) is 22.1 Å². The van der Waals surface area contributed by atoms with Gasteiger partial charge in [-0.15, -0.1) is 5.10 Å². The number of rotatable bonds is 4. The quantitative estimate of drug-likeness (QED) is 0.615. The van der Waals surface area contributed by atoms with Gasteiger partial charge in [0.1, 0.15) is 6.54 Å². The highest BCUT2D eigenvalue weighted by Crippen LogP contribution is 2.35. The first-order valence-electron chi connectivity index (χ1n) is 11.2. The minimum Gasteiger partial charge on any atom is -0.737 e. The molecule has 33 heavy (non-hydrogen) atoms. The number of hydrogen-bond acceptors (Lipinski definition) is 6. The van der Waals surface area contributed by atoms with Crippen LogP contribution in [0.5, 0.6) is 0 Å². The van der Waals surface area contributed by atoms with Crippen LogP contribution in [0.4, 0.5) is 11.5 Å². The third kappa shape index (κ3) is 3.93. The van der Waals surface area contributed by atoms with Gasteiger partial charge in [0.05, 0.1) is 11.4 Å². The minimum atomic E-state index is -0.0599. The molecule has 8 heteroatoms. The summed E-state index contributed by atoms with van der Waals surface area (Å²) in [4.78, 5) is 17.1. The number of piperazine rings is 1. The maximum atomic E-state index is 13.2. The Morgan fingerprint density at radius 3 is 2.15 bits per heavy atom. The maximum Gasteiger partial charge on any atom is 0.244 e. The topological polar surface area (TPSA) is 70.9 Å². The van der Waals surface area contributed by atoms with Crippen LogP contribution in [0.15, 0.2) is 66.9 Å². The van der Waals surface area contributed by atoms with Gasteiger partial charge >= 0.3 is 0 Å². The number of amides is 1. The number of carbonyl (C=O) groups excluding carboxylic acids is 1. The van der Waals surface area contributed by atoms with E-state index in [-0.39, 0.29) is 12.5 Å². The van der Waals surface area contributed by atoms with Crippen molar-refractivity contribution >= 4 is 23.0 Å². The maximum absolute atomic E-state index is 13.2. The summed E-state index contributed by atoms with van der Waals surface area (Å²) in [7, 11) is 0. The fraction of sp³-hybridized carbons (Fsp3) is 0.280. The van der Waals surface area contributed by atoms with E-state index in [1.165, 1.54) is 10.7 Å². The van der Waals surface area contributed by atoms with Gasteiger partial charge in [-0.25, -0.2) is 4.68 Å². The van der Waals surface area contributed by atoms with Crippen LogP contribution in [0, 0.1) is 12.1 Å². The molecule has 0 aliphatic carbocycles. The molecule has 1 aromatic heterocycles. The molecule has 5 rings (SSSR count). The Bertz CT molecular complexity index is 1170. The third-order valence-electron chi connectivity index (χ3n) is 6.30. The second-order valence-corrected chi connectivity index (χ2v) is 8.42. The van der Waals surface area contributed by atoms with Crippen molar-refractivity contribution in [3.8, 4) is 5.69 Å². The summed E-state index contributed by atoms with van der Waals surface area (Å²) in [5.74, 6) is 0.258. The number of benzene rings is 2. The average molecular weight is 444 g/mol. The first-order valence-corrected chi connectivity index (χ1v) is 11.2. The van der Waals surface area contributed by atoms with Crippen LogP contribution in [0.25, 0.3) is 11.3 Å². The van der Waals surface area contributed by atoms with E-state index >= 15 is 0 Å². The van der Waals surface area contributed by atoms with Gasteiger partial charge in [-0.05, 0) is 43.7 Å². The minimum absolute atomic E-state index is 0.0111. The zero-order valence-corrected chi connectivity index (χ0v) is 18.9. The lowest BCUT2D eigenvalue weighted by Crippen LogP contribution is -2.52. The van der Waals surface area contributed by atoms with Crippen molar-refractivity contribution < 1.29 is 4.79 Å². The molecule has 0 N–H and O–H groups in total. The summed E-state index contributed by atoms with van der Waals surface area (Å²) in [5.41, 5.74) is 4.69. The van der Waals surface area contributed by atoms with E-state index < -0.39 is 0 Å². The molecule has 0 radical (unpaired) electrons. The summed E-state index contributed by atoms with van der Waals surface area (Å²) < 4.78 is 1.78. The molecule has 2 aromatic carbocycles. The van der Waals surface area contributed by atoms with Crippen molar-refractivity contribution in [1.29, 1.82) is 0 Å². The van der Waals surface area contributed by atoms with Crippen LogP contribution < -0.4 is 10.1 Å². The Hall–Kier alpha value is -3.78. The molecule has 2 aliphatic heterocycles. The first-order chi connectivity index (χ1) is 16.0. The number of anilines is 2. The molecule has 1 saturated heterocycles. The first kappa shape index (κ1) is 21.1. The molecule has 1 fully saturated rings. The zero-order chi connectivity index (χ0) is 22.9. The van der Waals surface area contributed by atoms with Crippen LogP contribution >= 0.6 is 0 Å². The van der Waals surface area contributed by atoms with Gasteiger partial charge in [-0.3, -0.25) is 9.80 Å². The van der Waals surface area contributed by atoms with E-state index in [0.717, 1.165) is 40.8 Å². The van der Waals surface area contributed by atoms with Crippen LogP contribution in [-0.4, -0.2) is 58.3 Å². The number of para-hydroxylation sites is 2. The number of nitrogens with zero attached hydrogens (tertiary/aromatic N) is 6. The zero-order valence-electron chi connectivity index (χ0n) is 18.9. The van der Waals surface area contributed by atoms with E-state index in [0.29, 0.717) is 18.9 Å². The molecule has 0 atom stereocenters. The summed E-state index contributed by atoms with van der Waals surface area (Å²) in [5, 5.41) is 19.9. The predicted molar refractivity (Wildman–Crippen MR) is 130 cm³/mol. The number of fused-ring (bicyclic) bond motifs is 1. The van der Waals surface area contributed by atoms with Crippen molar-refractivity contribution in [3.63, 3.8) is 0 Å². The average Bonchev–Trinajstić information content (AvgIpc) is 3.21. The SMILES string of the molecule is CC1=CN(CC(=O)N2CCN(c3ccccc3)CC2)N([O-])c2nn(-c3ccccc3)c(C)c21. The van der Waals surface area contributed by atoms with Gasteiger partial charge in [0, 0.05) is 43.6 Å². The standard InChI is InChI=1S/C25H27N6O2/c1-19-17-29(18-23(32)28-15-13-27(14-16-28)21-9-5-3-6-10-21)31(33)25-24(19)20(2)30(26-25)22-11-7-4-8-12-22/h3-12,17H,13-16,18H2,1-2H3/q-1. The molecule has 3 aromatic rings. The highest BCUT2D eigenvalue weighted by molar-refractivity contribution is 5.82. The van der Waals surface area contributed by atoms with Crippen LogP contribution in [-0.2, 0) is 4.79 Å². The largest absolute Gasteiger partial charge is 0.737 e. The molecule has 1 amide bonds. The van der Waals surface area contributed by atoms with E-state index in [9.17, 15) is 10.0 Å². The molecule has 3 heterocycles. The normalized spacial score (nSPS) is 16.0. The molecule has 0 unspecified atom stereocenters. The summed E-state index contributed by atoms with van der Waals surface area (Å²) in [6.07, 6.45) is 1.75. The highest BCUT2D eigenvalue weighted by atomic mass is 16.6. The predicted octanol–water partition coefficient (Wildman–Crippen LogP) is 3.43. The van der Waals surface area contributed by atoms with Gasteiger partial charge < -0.3 is 20.2 Å². The molecule has 0 bridgehead atoms. The van der Waals surface area contributed by atoms with Crippen molar-refractivity contribution in [3.05, 3.63) is 83.3 Å². The van der Waals surface area contributed by atoms with E-state index in [1.807, 2.05) is 67.3 Å². The van der Waals surface area contributed by atoms with Gasteiger partial charge in [0.25, 0.3) is 0 Å². The van der Waals surface area contributed by atoms with Crippen molar-refractivity contribution in [2.45, 2.75) is 13.8 Å². The molecule has 170 valence electrons. The Morgan fingerprint density at radius 2 is 1.52 bits per heavy atom. The summed E-state index contributed by atoms with van der Waals surface area (Å²) in [6, 6.07) is 20.0. The summed E-state index contributed by atoms with van der Waals surface area (Å²) >= 11 is 0. The molecule has 2 aliphatic rings. The molecular weight excluding hydrogens is 416 g/mol. The van der Waals surface area contributed by atoms with Crippen LogP contribution in [0.2, 0.25) is 0 Å². The lowest BCUT2D eigenvalue weighted by atomic mass is 10.1. The third-order valence-corrected chi connectivity index (χ3v) is 6.30. The number of carbonyl (C=O) groups is 1. The molecule has 0 spiro atoms. The Labute approximate surface area is 193 Å². The second-order valence-electron chi connectivity index (χ2n) is 8.42. The van der Waals surface area contributed by atoms with Gasteiger partial charge in [0.15, 0.2) is 5.82 Å². The monoisotopic (exact) mass is 443 g/mol. The van der Waals surface area contributed by atoms with Gasteiger partial charge in [0.2, 0.25) is 5.91 Å². The Balaban J connectivity index is 1.28. The lowest BCUT2D eigenvalue weighted by molar-refractivity contribution is -0.132. The molecular formula is C25H27N6O2-. The molecule has 8 nitrogen and oxygen atoms in total. The van der Waals surface area contributed by atoms with Gasteiger partial charge in [-0.2, -0.15) is 0 Å². The highest BCUT2D eigenvalue weighted by Gasteiger charge is 2.28. The lowest BCUT2D eigenvalue weighted by Gasteiger charge is -2.43. The van der Waals surface area contributed by atoms with Crippen molar-refractivity contribution in [1.82, 2.24) is 19.7 Å². The number of aromatic nitrogens is 2. The van der Waals surface area contributed by atoms with E-state index in [4.69, 9.17) is 0 Å². The van der Waals surface area contributed by atoms with Crippen LogP contribution in [0.3, 0.4) is 0 Å². The van der Waals surface area contributed by atoms with E-state index in [1.54, 1.807) is 10.9 Å². The smallest absolute Gasteiger partial charge is 0.244 e. The van der Waals surface area contributed by atoms with Crippen LogP contribution in [0.1, 0.15) is 18.2 Å². The number of hydrazine groups is 1. The Kier molecular flexibility index (Phi) is 5.51. The second kappa shape index (κ2) is 8.63. The van der Waals surface area contributed by atoms with Crippen molar-refractivity contribution in [2.75, 3.05) is 42.8 Å². The Morgan fingerprint density at radius 1 is 0.909 bits per heavy atom. The van der Waals surface area contributed by atoms with Crippen molar-refractivity contribution in [2.24, 2.45) is 0 Å². The fourth-order valence-corrected chi connectivity index (χ4v) is 4.57. The summed E-state index contributed by atoms with van der Waals surface area (Å²) in [6.45, 7) is 6.71.